The van der Waals surface area contributed by atoms with Gasteiger partial charge in [0.25, 0.3) is 0 Å². The molecule has 1 unspecified atom stereocenters. The zero-order valence-corrected chi connectivity index (χ0v) is 11.6. The van der Waals surface area contributed by atoms with Gasteiger partial charge in [-0.3, -0.25) is 9.59 Å². The van der Waals surface area contributed by atoms with Gasteiger partial charge in [0, 0.05) is 12.8 Å². The molecule has 3 heteroatoms. The highest BCUT2D eigenvalue weighted by molar-refractivity contribution is 5.91. The molecule has 3 nitrogen and oxygen atoms in total. The number of rotatable bonds is 9. The van der Waals surface area contributed by atoms with Gasteiger partial charge in [-0.05, 0) is 44.1 Å². The Balaban J connectivity index is 2.33. The molecule has 0 saturated carbocycles. The van der Waals surface area contributed by atoms with Crippen LogP contribution in [0.15, 0.2) is 24.3 Å². The summed E-state index contributed by atoms with van der Waals surface area (Å²) < 4.78 is 0. The summed E-state index contributed by atoms with van der Waals surface area (Å²) in [5.41, 5.74) is 1.27. The van der Waals surface area contributed by atoms with Crippen molar-refractivity contribution in [2.75, 3.05) is 0 Å². The van der Waals surface area contributed by atoms with Gasteiger partial charge in [0.2, 0.25) is 0 Å². The van der Waals surface area contributed by atoms with Crippen molar-refractivity contribution >= 4 is 11.8 Å². The molecule has 106 valence electrons. The van der Waals surface area contributed by atoms with E-state index in [-0.39, 0.29) is 12.2 Å². The summed E-state index contributed by atoms with van der Waals surface area (Å²) in [5, 5.41) is 8.57. The summed E-state index contributed by atoms with van der Waals surface area (Å²) in [6.45, 7) is 3.72. The molecule has 0 saturated heterocycles. The summed E-state index contributed by atoms with van der Waals surface area (Å²) in [4.78, 5) is 21.9. The highest BCUT2D eigenvalue weighted by Crippen LogP contribution is 2.31. The van der Waals surface area contributed by atoms with Gasteiger partial charge < -0.3 is 5.11 Å². The van der Waals surface area contributed by atoms with Crippen LogP contribution in [0.25, 0.3) is 0 Å². The Labute approximate surface area is 115 Å². The molecule has 0 aromatic rings. The molecule has 1 aliphatic rings. The van der Waals surface area contributed by atoms with Crippen LogP contribution in [0, 0.1) is 5.92 Å². The van der Waals surface area contributed by atoms with Gasteiger partial charge in [-0.25, -0.2) is 0 Å². The highest BCUT2D eigenvalue weighted by Gasteiger charge is 2.20. The standard InChI is InChI=1S/C16H24O3/c1-2-3-7-14-12-15(17)11-10-13(14)8-5-4-6-9-16(18)19/h2,12-13H,1,3-11H2,(H,18,19). The molecule has 0 heterocycles. The molecule has 0 fully saturated rings. The first kappa shape index (κ1) is 15.7. The van der Waals surface area contributed by atoms with E-state index in [1.807, 2.05) is 12.2 Å². The maximum Gasteiger partial charge on any atom is 0.303 e. The number of unbranched alkanes of at least 4 members (excludes halogenated alkanes) is 2. The lowest BCUT2D eigenvalue weighted by Gasteiger charge is -2.23. The first-order valence-corrected chi connectivity index (χ1v) is 7.19. The lowest BCUT2D eigenvalue weighted by Crippen LogP contribution is -2.14. The maximum atomic E-state index is 11.5. The van der Waals surface area contributed by atoms with Gasteiger partial charge in [-0.1, -0.05) is 24.5 Å². The fourth-order valence-corrected chi connectivity index (χ4v) is 2.62. The lowest BCUT2D eigenvalue weighted by molar-refractivity contribution is -0.137. The Morgan fingerprint density at radius 2 is 2.21 bits per heavy atom. The second kappa shape index (κ2) is 8.68. The van der Waals surface area contributed by atoms with Crippen molar-refractivity contribution in [1.29, 1.82) is 0 Å². The fraction of sp³-hybridized carbons (Fsp3) is 0.625. The number of carbonyl (C=O) groups is 2. The summed E-state index contributed by atoms with van der Waals surface area (Å²) in [6, 6.07) is 0. The molecule has 0 spiro atoms. The average molecular weight is 264 g/mol. The van der Waals surface area contributed by atoms with Gasteiger partial charge in [0.05, 0.1) is 0 Å². The predicted molar refractivity (Wildman–Crippen MR) is 76.0 cm³/mol. The molecule has 1 atom stereocenters. The van der Waals surface area contributed by atoms with E-state index in [2.05, 4.69) is 6.58 Å². The third kappa shape index (κ3) is 6.37. The molecule has 0 aromatic heterocycles. The Bertz CT molecular complexity index is 355. The number of carboxylic acid groups (broad SMARTS) is 1. The van der Waals surface area contributed by atoms with Crippen LogP contribution in [0.1, 0.15) is 57.8 Å². The van der Waals surface area contributed by atoms with Crippen LogP contribution in [0.3, 0.4) is 0 Å². The minimum atomic E-state index is -0.713. The zero-order chi connectivity index (χ0) is 14.1. The lowest BCUT2D eigenvalue weighted by atomic mass is 9.81. The van der Waals surface area contributed by atoms with Crippen molar-refractivity contribution < 1.29 is 14.7 Å². The molecule has 0 amide bonds. The van der Waals surface area contributed by atoms with Crippen molar-refractivity contribution in [3.05, 3.63) is 24.3 Å². The van der Waals surface area contributed by atoms with Crippen LogP contribution in [-0.2, 0) is 9.59 Å². The summed E-state index contributed by atoms with van der Waals surface area (Å²) in [7, 11) is 0. The third-order valence-electron chi connectivity index (χ3n) is 3.69. The quantitative estimate of drug-likeness (QED) is 0.507. The van der Waals surface area contributed by atoms with Crippen LogP contribution in [0.2, 0.25) is 0 Å². The molecular weight excluding hydrogens is 240 g/mol. The number of carboxylic acids is 1. The molecule has 1 N–H and O–H groups in total. The maximum absolute atomic E-state index is 11.5. The summed E-state index contributed by atoms with van der Waals surface area (Å²) >= 11 is 0. The van der Waals surface area contributed by atoms with Gasteiger partial charge in [-0.15, -0.1) is 6.58 Å². The summed E-state index contributed by atoms with van der Waals surface area (Å²) in [5.74, 6) is 0.0542. The SMILES string of the molecule is C=CCCC1=CC(=O)CCC1CCCCCC(=O)O. The monoisotopic (exact) mass is 264 g/mol. The normalized spacial score (nSPS) is 19.1. The Hall–Kier alpha value is -1.38. The van der Waals surface area contributed by atoms with Crippen molar-refractivity contribution in [2.45, 2.75) is 57.8 Å². The summed E-state index contributed by atoms with van der Waals surface area (Å²) in [6.07, 6.45) is 11.3. The van der Waals surface area contributed by atoms with Crippen molar-refractivity contribution in [3.8, 4) is 0 Å². The number of aliphatic carboxylic acids is 1. The molecule has 0 radical (unpaired) electrons. The Morgan fingerprint density at radius 1 is 1.42 bits per heavy atom. The average Bonchev–Trinajstić information content (AvgIpc) is 2.37. The van der Waals surface area contributed by atoms with Crippen LogP contribution in [-0.4, -0.2) is 16.9 Å². The fourth-order valence-electron chi connectivity index (χ4n) is 2.62. The first-order valence-electron chi connectivity index (χ1n) is 7.19. The van der Waals surface area contributed by atoms with Gasteiger partial charge >= 0.3 is 5.97 Å². The van der Waals surface area contributed by atoms with Gasteiger partial charge in [0.1, 0.15) is 0 Å². The van der Waals surface area contributed by atoms with Crippen LogP contribution in [0.5, 0.6) is 0 Å². The number of carbonyl (C=O) groups excluding carboxylic acids is 1. The molecule has 0 bridgehead atoms. The van der Waals surface area contributed by atoms with Crippen molar-refractivity contribution in [3.63, 3.8) is 0 Å². The molecule has 19 heavy (non-hydrogen) atoms. The van der Waals surface area contributed by atoms with Crippen molar-refractivity contribution in [1.82, 2.24) is 0 Å². The van der Waals surface area contributed by atoms with Crippen molar-refractivity contribution in [2.24, 2.45) is 5.92 Å². The molecule has 1 aliphatic carbocycles. The van der Waals surface area contributed by atoms with Gasteiger partial charge in [-0.2, -0.15) is 0 Å². The number of hydrogen-bond donors (Lipinski definition) is 1. The van der Waals surface area contributed by atoms with E-state index in [0.29, 0.717) is 12.3 Å². The van der Waals surface area contributed by atoms with E-state index in [4.69, 9.17) is 5.11 Å². The van der Waals surface area contributed by atoms with E-state index in [1.165, 1.54) is 5.57 Å². The van der Waals surface area contributed by atoms with E-state index in [0.717, 1.165) is 44.9 Å². The van der Waals surface area contributed by atoms with E-state index in [9.17, 15) is 9.59 Å². The first-order chi connectivity index (χ1) is 9.13. The topological polar surface area (TPSA) is 54.4 Å². The smallest absolute Gasteiger partial charge is 0.303 e. The molecular formula is C16H24O3. The molecule has 0 aliphatic heterocycles. The van der Waals surface area contributed by atoms with E-state index < -0.39 is 5.97 Å². The third-order valence-corrected chi connectivity index (χ3v) is 3.69. The number of allylic oxidation sites excluding steroid dienone is 3. The highest BCUT2D eigenvalue weighted by atomic mass is 16.4. The Morgan fingerprint density at radius 3 is 2.89 bits per heavy atom. The number of ketones is 1. The molecule has 1 rings (SSSR count). The van der Waals surface area contributed by atoms with E-state index >= 15 is 0 Å². The second-order valence-corrected chi connectivity index (χ2v) is 5.24. The minimum Gasteiger partial charge on any atom is -0.481 e. The predicted octanol–water partition coefficient (Wildman–Crippen LogP) is 3.89. The molecule has 0 aromatic carbocycles. The van der Waals surface area contributed by atoms with Crippen LogP contribution in [0.4, 0.5) is 0 Å². The second-order valence-electron chi connectivity index (χ2n) is 5.24. The van der Waals surface area contributed by atoms with Crippen LogP contribution >= 0.6 is 0 Å². The largest absolute Gasteiger partial charge is 0.481 e. The minimum absolute atomic E-state index is 0.251. The number of hydrogen-bond acceptors (Lipinski definition) is 2. The van der Waals surface area contributed by atoms with Crippen LogP contribution < -0.4 is 0 Å². The van der Waals surface area contributed by atoms with E-state index in [1.54, 1.807) is 0 Å². The Kier molecular flexibility index (Phi) is 7.16. The zero-order valence-electron chi connectivity index (χ0n) is 11.6. The van der Waals surface area contributed by atoms with Gasteiger partial charge in [0.15, 0.2) is 5.78 Å².